The first-order valence-electron chi connectivity index (χ1n) is 7.52. The summed E-state index contributed by atoms with van der Waals surface area (Å²) in [6.07, 6.45) is 1.61. The van der Waals surface area contributed by atoms with Crippen LogP contribution in [0.25, 0.3) is 11.0 Å². The van der Waals surface area contributed by atoms with Gasteiger partial charge >= 0.3 is 0 Å². The van der Waals surface area contributed by atoms with Crippen molar-refractivity contribution < 1.29 is 9.72 Å². The number of carbonyl (C=O) groups is 1. The topological polar surface area (TPSA) is 102 Å². The van der Waals surface area contributed by atoms with Crippen molar-refractivity contribution in [1.82, 2.24) is 15.0 Å². The van der Waals surface area contributed by atoms with Crippen LogP contribution in [0.5, 0.6) is 0 Å². The van der Waals surface area contributed by atoms with Gasteiger partial charge in [-0.25, -0.2) is 10.4 Å². The van der Waals surface area contributed by atoms with Crippen molar-refractivity contribution in [2.45, 2.75) is 13.5 Å². The van der Waals surface area contributed by atoms with Gasteiger partial charge in [-0.1, -0.05) is 12.1 Å². The third kappa shape index (κ3) is 3.69. The van der Waals surface area contributed by atoms with E-state index in [0.29, 0.717) is 11.3 Å². The molecule has 1 amide bonds. The second-order valence-corrected chi connectivity index (χ2v) is 5.40. The third-order valence-electron chi connectivity index (χ3n) is 3.69. The third-order valence-corrected chi connectivity index (χ3v) is 3.69. The average Bonchev–Trinajstić information content (AvgIpc) is 3.03. The standard InChI is InChI=1S/C17H15N5O3/c1-12(13-6-8-14(9-7-13)22(24)25)19-20-17(23)10-21-11-18-15-4-2-3-5-16(15)21/h2-9,11H,10H2,1H3,(H,20,23)/b19-12-. The molecular weight excluding hydrogens is 322 g/mol. The summed E-state index contributed by atoms with van der Waals surface area (Å²) in [4.78, 5) is 26.5. The van der Waals surface area contributed by atoms with Gasteiger partial charge in [0.2, 0.25) is 0 Å². The van der Waals surface area contributed by atoms with E-state index in [0.717, 1.165) is 11.0 Å². The van der Waals surface area contributed by atoms with E-state index in [2.05, 4.69) is 15.5 Å². The highest BCUT2D eigenvalue weighted by Gasteiger charge is 2.08. The number of imidazole rings is 1. The van der Waals surface area contributed by atoms with Crippen LogP contribution in [0.3, 0.4) is 0 Å². The van der Waals surface area contributed by atoms with Crippen molar-refractivity contribution >= 4 is 28.3 Å². The molecule has 0 atom stereocenters. The highest BCUT2D eigenvalue weighted by molar-refractivity contribution is 5.99. The van der Waals surface area contributed by atoms with E-state index in [4.69, 9.17) is 0 Å². The van der Waals surface area contributed by atoms with Crippen LogP contribution in [-0.2, 0) is 11.3 Å². The number of para-hydroxylation sites is 2. The summed E-state index contributed by atoms with van der Waals surface area (Å²) in [7, 11) is 0. The first-order valence-corrected chi connectivity index (χ1v) is 7.52. The van der Waals surface area contributed by atoms with Gasteiger partial charge in [-0.3, -0.25) is 14.9 Å². The summed E-state index contributed by atoms with van der Waals surface area (Å²) in [5, 5.41) is 14.7. The van der Waals surface area contributed by atoms with Gasteiger partial charge in [0.15, 0.2) is 0 Å². The van der Waals surface area contributed by atoms with Crippen molar-refractivity contribution in [3.05, 3.63) is 70.5 Å². The van der Waals surface area contributed by atoms with Crippen LogP contribution in [0.2, 0.25) is 0 Å². The maximum atomic E-state index is 12.1. The highest BCUT2D eigenvalue weighted by Crippen LogP contribution is 2.13. The van der Waals surface area contributed by atoms with Crippen molar-refractivity contribution in [2.24, 2.45) is 5.10 Å². The van der Waals surface area contributed by atoms with E-state index in [-0.39, 0.29) is 18.1 Å². The average molecular weight is 337 g/mol. The van der Waals surface area contributed by atoms with Crippen LogP contribution in [0.4, 0.5) is 5.69 Å². The fourth-order valence-electron chi connectivity index (χ4n) is 2.36. The molecule has 0 aliphatic carbocycles. The first-order chi connectivity index (χ1) is 12.0. The molecule has 0 saturated carbocycles. The molecule has 0 spiro atoms. The normalized spacial score (nSPS) is 11.5. The van der Waals surface area contributed by atoms with Gasteiger partial charge in [-0.05, 0) is 36.8 Å². The zero-order valence-electron chi connectivity index (χ0n) is 13.4. The molecule has 126 valence electrons. The summed E-state index contributed by atoms with van der Waals surface area (Å²) in [6, 6.07) is 13.5. The molecule has 1 heterocycles. The zero-order valence-corrected chi connectivity index (χ0v) is 13.4. The molecule has 1 N–H and O–H groups in total. The molecule has 8 heteroatoms. The molecule has 8 nitrogen and oxygen atoms in total. The van der Waals surface area contributed by atoms with E-state index in [1.54, 1.807) is 30.0 Å². The Morgan fingerprint density at radius 2 is 1.96 bits per heavy atom. The molecule has 0 unspecified atom stereocenters. The molecule has 3 aromatic rings. The number of hydrogen-bond acceptors (Lipinski definition) is 5. The van der Waals surface area contributed by atoms with Crippen LogP contribution >= 0.6 is 0 Å². The van der Waals surface area contributed by atoms with Gasteiger partial charge in [0, 0.05) is 12.1 Å². The molecule has 0 bridgehead atoms. The Kier molecular flexibility index (Phi) is 4.51. The number of hydrazone groups is 1. The van der Waals surface area contributed by atoms with E-state index in [1.807, 2.05) is 24.3 Å². The lowest BCUT2D eigenvalue weighted by Gasteiger charge is -2.05. The second kappa shape index (κ2) is 6.91. The SMILES string of the molecule is C/C(=N/NC(=O)Cn1cnc2ccccc21)c1ccc([N+](=O)[O-])cc1. The smallest absolute Gasteiger partial charge is 0.269 e. The summed E-state index contributed by atoms with van der Waals surface area (Å²) >= 11 is 0. The quantitative estimate of drug-likeness (QED) is 0.439. The molecule has 25 heavy (non-hydrogen) atoms. The fraction of sp³-hybridized carbons (Fsp3) is 0.118. The number of rotatable bonds is 5. The Balaban J connectivity index is 1.66. The number of nitrogens with zero attached hydrogens (tertiary/aromatic N) is 4. The predicted molar refractivity (Wildman–Crippen MR) is 93.2 cm³/mol. The van der Waals surface area contributed by atoms with Crippen molar-refractivity contribution in [2.75, 3.05) is 0 Å². The van der Waals surface area contributed by atoms with Gasteiger partial charge in [0.1, 0.15) is 6.54 Å². The van der Waals surface area contributed by atoms with E-state index in [9.17, 15) is 14.9 Å². The Hall–Kier alpha value is -3.55. The molecule has 1 aromatic heterocycles. The minimum atomic E-state index is -0.465. The van der Waals surface area contributed by atoms with Gasteiger partial charge in [0.05, 0.1) is 28.0 Å². The van der Waals surface area contributed by atoms with Crippen LogP contribution in [-0.4, -0.2) is 26.1 Å². The van der Waals surface area contributed by atoms with Crippen molar-refractivity contribution in [3.8, 4) is 0 Å². The largest absolute Gasteiger partial charge is 0.321 e. The van der Waals surface area contributed by atoms with E-state index >= 15 is 0 Å². The lowest BCUT2D eigenvalue weighted by atomic mass is 10.1. The molecule has 0 saturated heterocycles. The first kappa shape index (κ1) is 16.3. The van der Waals surface area contributed by atoms with Crippen LogP contribution in [0, 0.1) is 10.1 Å². The van der Waals surface area contributed by atoms with Crippen molar-refractivity contribution in [3.63, 3.8) is 0 Å². The maximum Gasteiger partial charge on any atom is 0.269 e. The maximum absolute atomic E-state index is 12.1. The summed E-state index contributed by atoms with van der Waals surface area (Å²) in [5.74, 6) is -0.288. The molecule has 0 aliphatic heterocycles. The molecule has 0 fully saturated rings. The van der Waals surface area contributed by atoms with E-state index in [1.165, 1.54) is 12.1 Å². The number of nitro groups is 1. The number of fused-ring (bicyclic) bond motifs is 1. The number of benzene rings is 2. The highest BCUT2D eigenvalue weighted by atomic mass is 16.6. The molecule has 0 aliphatic rings. The number of non-ortho nitro benzene ring substituents is 1. The van der Waals surface area contributed by atoms with Gasteiger partial charge in [-0.15, -0.1) is 0 Å². The number of nitro benzene ring substituents is 1. The Morgan fingerprint density at radius 1 is 1.24 bits per heavy atom. The minimum Gasteiger partial charge on any atom is -0.321 e. The number of amides is 1. The Labute approximate surface area is 142 Å². The van der Waals surface area contributed by atoms with Gasteiger partial charge < -0.3 is 4.57 Å². The molecule has 2 aromatic carbocycles. The summed E-state index contributed by atoms with van der Waals surface area (Å²) in [5.41, 5.74) is 5.43. The number of carbonyl (C=O) groups excluding carboxylic acids is 1. The van der Waals surface area contributed by atoms with Gasteiger partial charge in [0.25, 0.3) is 11.6 Å². The fourth-order valence-corrected chi connectivity index (χ4v) is 2.36. The van der Waals surface area contributed by atoms with Crippen LogP contribution in [0.15, 0.2) is 60.0 Å². The number of hydrogen-bond donors (Lipinski definition) is 1. The monoisotopic (exact) mass is 337 g/mol. The zero-order chi connectivity index (χ0) is 17.8. The summed E-state index contributed by atoms with van der Waals surface area (Å²) in [6.45, 7) is 1.81. The van der Waals surface area contributed by atoms with E-state index < -0.39 is 4.92 Å². The number of nitrogens with one attached hydrogen (secondary N) is 1. The minimum absolute atomic E-state index is 0.00701. The lowest BCUT2D eigenvalue weighted by Crippen LogP contribution is -2.24. The molecular formula is C17H15N5O3. The van der Waals surface area contributed by atoms with Crippen LogP contribution < -0.4 is 5.43 Å². The predicted octanol–water partition coefficient (Wildman–Crippen LogP) is 2.48. The van der Waals surface area contributed by atoms with Crippen LogP contribution in [0.1, 0.15) is 12.5 Å². The number of aromatic nitrogens is 2. The second-order valence-electron chi connectivity index (χ2n) is 5.40. The van der Waals surface area contributed by atoms with Crippen molar-refractivity contribution in [1.29, 1.82) is 0 Å². The Morgan fingerprint density at radius 3 is 2.68 bits per heavy atom. The summed E-state index contributed by atoms with van der Waals surface area (Å²) < 4.78 is 1.74. The molecule has 0 radical (unpaired) electrons. The lowest BCUT2D eigenvalue weighted by molar-refractivity contribution is -0.384. The Bertz CT molecular complexity index is 960. The molecule has 3 rings (SSSR count). The van der Waals surface area contributed by atoms with Gasteiger partial charge in [-0.2, -0.15) is 5.10 Å².